The third-order valence-corrected chi connectivity index (χ3v) is 5.94. The lowest BCUT2D eigenvalue weighted by Gasteiger charge is -2.17. The molecule has 0 atom stereocenters. The van der Waals surface area contributed by atoms with Gasteiger partial charge in [0.05, 0.1) is 11.9 Å². The SMILES string of the molecule is O=S(=O)(Cc1noc2ccccc12)NCCNc1cc(N2CCCC2)cnn1. The van der Waals surface area contributed by atoms with Gasteiger partial charge in [0, 0.05) is 37.6 Å². The van der Waals surface area contributed by atoms with Crippen molar-refractivity contribution in [3.63, 3.8) is 0 Å². The van der Waals surface area contributed by atoms with Gasteiger partial charge in [0.15, 0.2) is 11.4 Å². The van der Waals surface area contributed by atoms with Crippen molar-refractivity contribution in [1.82, 2.24) is 20.1 Å². The molecule has 0 unspecified atom stereocenters. The highest BCUT2D eigenvalue weighted by molar-refractivity contribution is 7.88. The van der Waals surface area contributed by atoms with Crippen LogP contribution in [0.5, 0.6) is 0 Å². The van der Waals surface area contributed by atoms with E-state index in [2.05, 4.69) is 30.3 Å². The smallest absolute Gasteiger partial charge is 0.217 e. The van der Waals surface area contributed by atoms with E-state index in [4.69, 9.17) is 4.52 Å². The van der Waals surface area contributed by atoms with Crippen LogP contribution in [-0.4, -0.2) is 50.0 Å². The van der Waals surface area contributed by atoms with Gasteiger partial charge in [0.2, 0.25) is 10.0 Å². The number of hydrogen-bond donors (Lipinski definition) is 2. The molecule has 1 fully saturated rings. The molecule has 9 nitrogen and oxygen atoms in total. The van der Waals surface area contributed by atoms with E-state index in [9.17, 15) is 8.42 Å². The summed E-state index contributed by atoms with van der Waals surface area (Å²) in [5.41, 5.74) is 2.01. The average molecular weight is 402 g/mol. The van der Waals surface area contributed by atoms with Crippen LogP contribution in [0.25, 0.3) is 11.0 Å². The molecule has 1 aliphatic heterocycles. The molecular weight excluding hydrogens is 380 g/mol. The van der Waals surface area contributed by atoms with E-state index in [1.54, 1.807) is 18.3 Å². The minimum absolute atomic E-state index is 0.228. The van der Waals surface area contributed by atoms with E-state index in [0.717, 1.165) is 18.8 Å². The number of anilines is 2. The summed E-state index contributed by atoms with van der Waals surface area (Å²) < 4.78 is 32.4. The van der Waals surface area contributed by atoms with Crippen LogP contribution in [0.15, 0.2) is 41.1 Å². The van der Waals surface area contributed by atoms with Gasteiger partial charge < -0.3 is 14.7 Å². The predicted molar refractivity (Wildman–Crippen MR) is 107 cm³/mol. The molecule has 0 bridgehead atoms. The van der Waals surface area contributed by atoms with Crippen LogP contribution in [0.1, 0.15) is 18.5 Å². The Kier molecular flexibility index (Phi) is 5.40. The third-order valence-electron chi connectivity index (χ3n) is 4.64. The first-order valence-electron chi connectivity index (χ1n) is 9.23. The Morgan fingerprint density at radius 2 is 1.96 bits per heavy atom. The number of aromatic nitrogens is 3. The van der Waals surface area contributed by atoms with Gasteiger partial charge >= 0.3 is 0 Å². The van der Waals surface area contributed by atoms with Crippen LogP contribution in [0, 0.1) is 0 Å². The summed E-state index contributed by atoms with van der Waals surface area (Å²) in [7, 11) is -3.53. The number of nitrogens with one attached hydrogen (secondary N) is 2. The summed E-state index contributed by atoms with van der Waals surface area (Å²) in [4.78, 5) is 2.27. The van der Waals surface area contributed by atoms with Crippen molar-refractivity contribution in [2.24, 2.45) is 0 Å². The molecule has 3 heterocycles. The van der Waals surface area contributed by atoms with Crippen molar-refractivity contribution in [2.75, 3.05) is 36.4 Å². The number of fused-ring (bicyclic) bond motifs is 1. The second-order valence-electron chi connectivity index (χ2n) is 6.70. The summed E-state index contributed by atoms with van der Waals surface area (Å²) in [5, 5.41) is 15.8. The molecule has 1 aromatic carbocycles. The van der Waals surface area contributed by atoms with Gasteiger partial charge in [0.25, 0.3) is 0 Å². The third kappa shape index (κ3) is 4.39. The van der Waals surface area contributed by atoms with Crippen LogP contribution in [0.4, 0.5) is 11.5 Å². The second-order valence-corrected chi connectivity index (χ2v) is 8.51. The quantitative estimate of drug-likeness (QED) is 0.548. The Balaban J connectivity index is 1.29. The van der Waals surface area contributed by atoms with E-state index in [0.29, 0.717) is 29.0 Å². The number of hydrogen-bond acceptors (Lipinski definition) is 8. The van der Waals surface area contributed by atoms with Gasteiger partial charge in [-0.25, -0.2) is 13.1 Å². The lowest BCUT2D eigenvalue weighted by atomic mass is 10.2. The van der Waals surface area contributed by atoms with Gasteiger partial charge in [-0.3, -0.25) is 0 Å². The van der Waals surface area contributed by atoms with E-state index in [1.165, 1.54) is 12.8 Å². The van der Waals surface area contributed by atoms with E-state index in [1.807, 2.05) is 18.2 Å². The highest BCUT2D eigenvalue weighted by Gasteiger charge is 2.17. The van der Waals surface area contributed by atoms with Crippen LogP contribution in [-0.2, 0) is 15.8 Å². The van der Waals surface area contributed by atoms with Gasteiger partial charge in [-0.2, -0.15) is 5.10 Å². The largest absolute Gasteiger partial charge is 0.370 e. The molecule has 0 radical (unpaired) electrons. The molecule has 0 saturated carbocycles. The summed E-state index contributed by atoms with van der Waals surface area (Å²) in [6, 6.07) is 9.13. The summed E-state index contributed by atoms with van der Waals surface area (Å²) >= 11 is 0. The predicted octanol–water partition coefficient (Wildman–Crippen LogP) is 1.75. The minimum atomic E-state index is -3.53. The Morgan fingerprint density at radius 1 is 1.14 bits per heavy atom. The van der Waals surface area contributed by atoms with Crippen LogP contribution >= 0.6 is 0 Å². The Morgan fingerprint density at radius 3 is 2.82 bits per heavy atom. The summed E-state index contributed by atoms with van der Waals surface area (Å²) in [6.45, 7) is 2.69. The molecule has 0 amide bonds. The number of rotatable bonds is 8. The maximum absolute atomic E-state index is 12.3. The molecule has 28 heavy (non-hydrogen) atoms. The highest BCUT2D eigenvalue weighted by atomic mass is 32.2. The van der Waals surface area contributed by atoms with Gasteiger partial charge in [-0.05, 0) is 25.0 Å². The maximum Gasteiger partial charge on any atom is 0.217 e. The van der Waals surface area contributed by atoms with Crippen molar-refractivity contribution in [2.45, 2.75) is 18.6 Å². The van der Waals surface area contributed by atoms with Gasteiger partial charge in [-0.15, -0.1) is 5.10 Å². The molecular formula is C18H22N6O3S. The molecule has 3 aromatic rings. The van der Waals surface area contributed by atoms with Crippen LogP contribution < -0.4 is 14.9 Å². The van der Waals surface area contributed by atoms with E-state index < -0.39 is 10.0 Å². The lowest BCUT2D eigenvalue weighted by molar-refractivity contribution is 0.448. The van der Waals surface area contributed by atoms with Gasteiger partial charge in [-0.1, -0.05) is 17.3 Å². The highest BCUT2D eigenvalue weighted by Crippen LogP contribution is 2.21. The molecule has 4 rings (SSSR count). The molecule has 1 saturated heterocycles. The first kappa shape index (κ1) is 18.6. The first-order chi connectivity index (χ1) is 13.6. The van der Waals surface area contributed by atoms with Gasteiger partial charge in [0.1, 0.15) is 11.4 Å². The standard InChI is InChI=1S/C18H22N6O3S/c25-28(26,13-16-15-5-1-2-6-17(15)27-23-16)21-8-7-19-18-11-14(12-20-22-18)24-9-3-4-10-24/h1-2,5-6,11-12,21H,3-4,7-10,13H2,(H,19,22). The average Bonchev–Trinajstić information content (AvgIpc) is 3.36. The monoisotopic (exact) mass is 402 g/mol. The van der Waals surface area contributed by atoms with Crippen molar-refractivity contribution in [3.8, 4) is 0 Å². The summed E-state index contributed by atoms with van der Waals surface area (Å²) in [6.07, 6.45) is 4.13. The van der Waals surface area contributed by atoms with Crippen molar-refractivity contribution >= 4 is 32.5 Å². The Labute approximate surface area is 163 Å². The van der Waals surface area contributed by atoms with E-state index in [-0.39, 0.29) is 12.3 Å². The zero-order chi connectivity index (χ0) is 19.4. The molecule has 0 spiro atoms. The number of nitrogens with zero attached hydrogens (tertiary/aromatic N) is 4. The molecule has 1 aliphatic rings. The molecule has 10 heteroatoms. The fraction of sp³-hybridized carbons (Fsp3) is 0.389. The van der Waals surface area contributed by atoms with Crippen molar-refractivity contribution in [3.05, 3.63) is 42.2 Å². The molecule has 0 aliphatic carbocycles. The fourth-order valence-electron chi connectivity index (χ4n) is 3.26. The number of benzene rings is 1. The molecule has 148 valence electrons. The van der Waals surface area contributed by atoms with Crippen molar-refractivity contribution < 1.29 is 12.9 Å². The van der Waals surface area contributed by atoms with Crippen molar-refractivity contribution in [1.29, 1.82) is 0 Å². The number of sulfonamides is 1. The normalized spacial score (nSPS) is 14.6. The first-order valence-corrected chi connectivity index (χ1v) is 10.9. The molecule has 2 aromatic heterocycles. The second kappa shape index (κ2) is 8.11. The van der Waals surface area contributed by atoms with Crippen LogP contribution in [0.2, 0.25) is 0 Å². The number of para-hydroxylation sites is 1. The lowest BCUT2D eigenvalue weighted by Crippen LogP contribution is -2.30. The zero-order valence-electron chi connectivity index (χ0n) is 15.3. The van der Waals surface area contributed by atoms with Crippen LogP contribution in [0.3, 0.4) is 0 Å². The van der Waals surface area contributed by atoms with E-state index >= 15 is 0 Å². The topological polar surface area (TPSA) is 113 Å². The maximum atomic E-state index is 12.3. The Hall–Kier alpha value is -2.72. The Bertz CT molecular complexity index is 1050. The molecule has 2 N–H and O–H groups in total. The zero-order valence-corrected chi connectivity index (χ0v) is 16.2. The minimum Gasteiger partial charge on any atom is -0.370 e. The summed E-state index contributed by atoms with van der Waals surface area (Å²) in [5.74, 6) is 0.403. The fourth-order valence-corrected chi connectivity index (χ4v) is 4.34.